The van der Waals surface area contributed by atoms with Gasteiger partial charge in [-0.1, -0.05) is 23.7 Å². The summed E-state index contributed by atoms with van der Waals surface area (Å²) >= 11 is 5.91. The highest BCUT2D eigenvalue weighted by Crippen LogP contribution is 2.14. The highest BCUT2D eigenvalue weighted by atomic mass is 35.5. The van der Waals surface area contributed by atoms with Gasteiger partial charge in [-0.3, -0.25) is 9.59 Å². The maximum absolute atomic E-state index is 12.9. The Hall–Kier alpha value is -2.40. The highest BCUT2D eigenvalue weighted by molar-refractivity contribution is 6.41. The third kappa shape index (κ3) is 4.57. The molecule has 0 saturated carbocycles. The van der Waals surface area contributed by atoms with Gasteiger partial charge in [-0.15, -0.1) is 0 Å². The van der Waals surface area contributed by atoms with E-state index in [-0.39, 0.29) is 23.8 Å². The lowest BCUT2D eigenvalue weighted by Gasteiger charge is -2.27. The number of benzene rings is 1. The van der Waals surface area contributed by atoms with Crippen LogP contribution in [0.2, 0.25) is 5.02 Å². The summed E-state index contributed by atoms with van der Waals surface area (Å²) in [5.74, 6) is -0.603. The molecule has 1 aliphatic rings. The fourth-order valence-corrected chi connectivity index (χ4v) is 2.94. The van der Waals surface area contributed by atoms with Gasteiger partial charge in [-0.25, -0.2) is 4.99 Å². The number of carbonyl (C=O) groups is 2. The van der Waals surface area contributed by atoms with Gasteiger partial charge in [0.1, 0.15) is 5.71 Å². The van der Waals surface area contributed by atoms with E-state index in [1.54, 1.807) is 23.1 Å². The summed E-state index contributed by atoms with van der Waals surface area (Å²) in [4.78, 5) is 31.0. The number of rotatable bonds is 4. The second kappa shape index (κ2) is 8.12. The van der Waals surface area contributed by atoms with Crippen LogP contribution in [0.4, 0.5) is 0 Å². The Bertz CT molecular complexity index is 760. The Morgan fingerprint density at radius 3 is 2.44 bits per heavy atom. The minimum Gasteiger partial charge on any atom is -0.459 e. The van der Waals surface area contributed by atoms with Gasteiger partial charge in [-0.05, 0) is 49.1 Å². The van der Waals surface area contributed by atoms with Gasteiger partial charge in [-0.2, -0.15) is 0 Å². The van der Waals surface area contributed by atoms with Gasteiger partial charge >= 0.3 is 5.91 Å². The van der Waals surface area contributed by atoms with Crippen molar-refractivity contribution >= 4 is 29.1 Å². The number of piperidine rings is 1. The normalized spacial score (nSPS) is 15.2. The van der Waals surface area contributed by atoms with Crippen molar-refractivity contribution in [3.05, 3.63) is 59.0 Å². The SMILES string of the molecule is O=C(N=C(Cc1ccc(Cl)cc1)C(=O)N1CCCCC1)c1ccco1. The number of furan rings is 1. The molecule has 0 radical (unpaired) electrons. The summed E-state index contributed by atoms with van der Waals surface area (Å²) in [6.45, 7) is 1.40. The predicted octanol–water partition coefficient (Wildman–Crippen LogP) is 3.77. The number of halogens is 1. The standard InChI is InChI=1S/C19H19ClN2O3/c20-15-8-6-14(7-9-15)13-16(19(24)22-10-2-1-3-11-22)21-18(23)17-5-4-12-25-17/h4-9,12H,1-3,10-11,13H2. The predicted molar refractivity (Wildman–Crippen MR) is 96.1 cm³/mol. The molecule has 1 fully saturated rings. The number of nitrogens with zero attached hydrogens (tertiary/aromatic N) is 2. The zero-order valence-electron chi connectivity index (χ0n) is 13.8. The van der Waals surface area contributed by atoms with Crippen molar-refractivity contribution in [2.45, 2.75) is 25.7 Å². The number of hydrogen-bond donors (Lipinski definition) is 0. The van der Waals surface area contributed by atoms with E-state index < -0.39 is 5.91 Å². The minimum absolute atomic E-state index is 0.125. The number of aliphatic imine (C=N–C) groups is 1. The van der Waals surface area contributed by atoms with Gasteiger partial charge < -0.3 is 9.32 Å². The minimum atomic E-state index is -0.542. The molecule has 1 aromatic heterocycles. The van der Waals surface area contributed by atoms with Crippen molar-refractivity contribution in [3.8, 4) is 0 Å². The lowest BCUT2D eigenvalue weighted by atomic mass is 10.1. The van der Waals surface area contributed by atoms with E-state index in [9.17, 15) is 9.59 Å². The van der Waals surface area contributed by atoms with Crippen LogP contribution < -0.4 is 0 Å². The largest absolute Gasteiger partial charge is 0.459 e. The second-order valence-electron chi connectivity index (χ2n) is 6.00. The number of likely N-dealkylation sites (tertiary alicyclic amines) is 1. The summed E-state index contributed by atoms with van der Waals surface area (Å²) in [6, 6.07) is 10.3. The summed E-state index contributed by atoms with van der Waals surface area (Å²) < 4.78 is 5.09. The molecule has 130 valence electrons. The van der Waals surface area contributed by atoms with E-state index in [0.29, 0.717) is 18.1 Å². The van der Waals surface area contributed by atoms with Gasteiger partial charge in [0.2, 0.25) is 0 Å². The zero-order valence-corrected chi connectivity index (χ0v) is 14.5. The molecule has 2 aromatic rings. The molecule has 6 heteroatoms. The third-order valence-electron chi connectivity index (χ3n) is 4.14. The third-order valence-corrected chi connectivity index (χ3v) is 4.40. The van der Waals surface area contributed by atoms with Crippen molar-refractivity contribution in [1.29, 1.82) is 0 Å². The molecule has 25 heavy (non-hydrogen) atoms. The fraction of sp³-hybridized carbons (Fsp3) is 0.316. The Kier molecular flexibility index (Phi) is 5.66. The molecule has 2 amide bonds. The van der Waals surface area contributed by atoms with Crippen molar-refractivity contribution < 1.29 is 14.0 Å². The average molecular weight is 359 g/mol. The molecule has 0 bridgehead atoms. The van der Waals surface area contributed by atoms with Crippen LogP contribution >= 0.6 is 11.6 Å². The smallest absolute Gasteiger partial charge is 0.313 e. The Morgan fingerprint density at radius 1 is 1.08 bits per heavy atom. The molecular weight excluding hydrogens is 340 g/mol. The Morgan fingerprint density at radius 2 is 1.80 bits per heavy atom. The number of hydrogen-bond acceptors (Lipinski definition) is 3. The molecule has 3 rings (SSSR count). The van der Waals surface area contributed by atoms with Crippen molar-refractivity contribution in [2.24, 2.45) is 4.99 Å². The van der Waals surface area contributed by atoms with E-state index in [2.05, 4.69) is 4.99 Å². The number of amides is 2. The van der Waals surface area contributed by atoms with Crippen LogP contribution in [0.1, 0.15) is 35.4 Å². The molecule has 5 nitrogen and oxygen atoms in total. The molecule has 0 spiro atoms. The molecule has 0 unspecified atom stereocenters. The highest BCUT2D eigenvalue weighted by Gasteiger charge is 2.23. The average Bonchev–Trinajstić information content (AvgIpc) is 3.18. The van der Waals surface area contributed by atoms with E-state index >= 15 is 0 Å². The van der Waals surface area contributed by atoms with E-state index in [1.807, 2.05) is 12.1 Å². The van der Waals surface area contributed by atoms with E-state index in [0.717, 1.165) is 24.8 Å². The van der Waals surface area contributed by atoms with Crippen LogP contribution in [0.15, 0.2) is 52.1 Å². The van der Waals surface area contributed by atoms with Gasteiger partial charge in [0.05, 0.1) is 6.26 Å². The number of carbonyl (C=O) groups excluding carboxylic acids is 2. The van der Waals surface area contributed by atoms with Crippen molar-refractivity contribution in [2.75, 3.05) is 13.1 Å². The molecule has 0 N–H and O–H groups in total. The fourth-order valence-electron chi connectivity index (χ4n) is 2.82. The quantitative estimate of drug-likeness (QED) is 0.781. The first kappa shape index (κ1) is 17.4. The Balaban J connectivity index is 1.85. The van der Waals surface area contributed by atoms with Crippen LogP contribution in [0.25, 0.3) is 0 Å². The van der Waals surface area contributed by atoms with Crippen molar-refractivity contribution in [1.82, 2.24) is 4.90 Å². The Labute approximate surface area is 151 Å². The van der Waals surface area contributed by atoms with E-state index in [4.69, 9.17) is 16.0 Å². The summed E-state index contributed by atoms with van der Waals surface area (Å²) in [5.41, 5.74) is 1.10. The maximum atomic E-state index is 12.9. The van der Waals surface area contributed by atoms with Crippen LogP contribution in [0, 0.1) is 0 Å². The first-order valence-corrected chi connectivity index (χ1v) is 8.70. The molecular formula is C19H19ClN2O3. The monoisotopic (exact) mass is 358 g/mol. The first-order chi connectivity index (χ1) is 12.1. The lowest BCUT2D eigenvalue weighted by Crippen LogP contribution is -2.41. The lowest BCUT2D eigenvalue weighted by molar-refractivity contribution is -0.125. The second-order valence-corrected chi connectivity index (χ2v) is 6.43. The topological polar surface area (TPSA) is 62.9 Å². The maximum Gasteiger partial charge on any atom is 0.313 e. The van der Waals surface area contributed by atoms with Crippen LogP contribution in [-0.2, 0) is 11.2 Å². The summed E-state index contributed by atoms with van der Waals surface area (Å²) in [5, 5.41) is 0.622. The van der Waals surface area contributed by atoms with Crippen LogP contribution in [0.5, 0.6) is 0 Å². The van der Waals surface area contributed by atoms with Crippen molar-refractivity contribution in [3.63, 3.8) is 0 Å². The molecule has 1 saturated heterocycles. The molecule has 0 aliphatic carbocycles. The van der Waals surface area contributed by atoms with Crippen LogP contribution in [-0.4, -0.2) is 35.5 Å². The van der Waals surface area contributed by atoms with Gasteiger partial charge in [0.15, 0.2) is 5.76 Å². The first-order valence-electron chi connectivity index (χ1n) is 8.32. The molecule has 0 atom stereocenters. The molecule has 2 heterocycles. The summed E-state index contributed by atoms with van der Waals surface area (Å²) in [7, 11) is 0. The molecule has 1 aromatic carbocycles. The van der Waals surface area contributed by atoms with Gasteiger partial charge in [0.25, 0.3) is 5.91 Å². The van der Waals surface area contributed by atoms with Crippen LogP contribution in [0.3, 0.4) is 0 Å². The zero-order chi connectivity index (χ0) is 17.6. The van der Waals surface area contributed by atoms with E-state index in [1.165, 1.54) is 12.3 Å². The molecule has 1 aliphatic heterocycles. The summed E-state index contributed by atoms with van der Waals surface area (Å²) in [6.07, 6.45) is 4.77. The van der Waals surface area contributed by atoms with Gasteiger partial charge in [0, 0.05) is 24.5 Å².